The van der Waals surface area contributed by atoms with Crippen LogP contribution in [0.1, 0.15) is 0 Å². The molecule has 0 saturated heterocycles. The number of nitrogens with one attached hydrogen (secondary N) is 1. The van der Waals surface area contributed by atoms with E-state index in [-0.39, 0.29) is 0 Å². The topological polar surface area (TPSA) is 47.1 Å². The average Bonchev–Trinajstić information content (AvgIpc) is 2.90. The number of halogens is 1. The van der Waals surface area contributed by atoms with E-state index in [1.54, 1.807) is 37.7 Å². The molecule has 0 bridgehead atoms. The molecule has 5 heteroatoms. The fraction of sp³-hybridized carbons (Fsp3) is 0.154. The van der Waals surface area contributed by atoms with Crippen molar-refractivity contribution in [3.8, 4) is 22.9 Å². The minimum atomic E-state index is 0.396. The van der Waals surface area contributed by atoms with E-state index in [0.29, 0.717) is 29.0 Å². The minimum Gasteiger partial charge on any atom is -0.493 e. The van der Waals surface area contributed by atoms with Gasteiger partial charge in [0.05, 0.1) is 12.1 Å². The van der Waals surface area contributed by atoms with Crippen LogP contribution in [0.3, 0.4) is 0 Å². The summed E-state index contributed by atoms with van der Waals surface area (Å²) in [6, 6.07) is 3.50. The SMILES string of the molecule is C=CCOc1cc(Cl)c(-c2ncc[nH]2)cc1OC. The number of hydrogen-bond acceptors (Lipinski definition) is 3. The van der Waals surface area contributed by atoms with Gasteiger partial charge in [-0.1, -0.05) is 24.3 Å². The number of imidazole rings is 1. The molecule has 18 heavy (non-hydrogen) atoms. The molecule has 1 heterocycles. The van der Waals surface area contributed by atoms with Gasteiger partial charge in [-0.2, -0.15) is 0 Å². The highest BCUT2D eigenvalue weighted by Crippen LogP contribution is 2.37. The summed E-state index contributed by atoms with van der Waals surface area (Å²) in [5, 5.41) is 0.546. The fourth-order valence-corrected chi connectivity index (χ4v) is 1.79. The van der Waals surface area contributed by atoms with Gasteiger partial charge in [0.1, 0.15) is 12.4 Å². The second-order valence-corrected chi connectivity index (χ2v) is 3.93. The molecule has 1 aromatic carbocycles. The Labute approximate surface area is 110 Å². The Morgan fingerprint density at radius 2 is 2.28 bits per heavy atom. The van der Waals surface area contributed by atoms with E-state index < -0.39 is 0 Å². The number of hydrogen-bond donors (Lipinski definition) is 1. The molecule has 0 atom stereocenters. The molecule has 0 unspecified atom stereocenters. The number of benzene rings is 1. The lowest BCUT2D eigenvalue weighted by Gasteiger charge is -2.11. The van der Waals surface area contributed by atoms with E-state index in [1.807, 2.05) is 0 Å². The Hall–Kier alpha value is -1.94. The molecule has 0 radical (unpaired) electrons. The molecule has 0 saturated carbocycles. The molecule has 2 rings (SSSR count). The summed E-state index contributed by atoms with van der Waals surface area (Å²) >= 11 is 6.21. The monoisotopic (exact) mass is 264 g/mol. The molecule has 1 aromatic heterocycles. The van der Waals surface area contributed by atoms with Crippen molar-refractivity contribution in [1.82, 2.24) is 9.97 Å². The number of H-pyrrole nitrogens is 1. The van der Waals surface area contributed by atoms with Gasteiger partial charge in [-0.15, -0.1) is 0 Å². The summed E-state index contributed by atoms with van der Waals surface area (Å²) in [5.74, 6) is 1.87. The number of aromatic amines is 1. The molecule has 4 nitrogen and oxygen atoms in total. The minimum absolute atomic E-state index is 0.396. The maximum atomic E-state index is 6.21. The lowest BCUT2D eigenvalue weighted by atomic mass is 10.2. The van der Waals surface area contributed by atoms with E-state index in [4.69, 9.17) is 21.1 Å². The zero-order valence-corrected chi connectivity index (χ0v) is 10.7. The van der Waals surface area contributed by atoms with Crippen LogP contribution >= 0.6 is 11.6 Å². The summed E-state index contributed by atoms with van der Waals surface area (Å²) in [7, 11) is 1.58. The third-order valence-electron chi connectivity index (χ3n) is 2.36. The Balaban J connectivity index is 2.42. The van der Waals surface area contributed by atoms with Crippen molar-refractivity contribution in [3.63, 3.8) is 0 Å². The van der Waals surface area contributed by atoms with E-state index in [1.165, 1.54) is 0 Å². The van der Waals surface area contributed by atoms with Gasteiger partial charge in [0.2, 0.25) is 0 Å². The largest absolute Gasteiger partial charge is 0.493 e. The summed E-state index contributed by atoms with van der Waals surface area (Å²) in [6.45, 7) is 3.99. The third kappa shape index (κ3) is 2.49. The second-order valence-electron chi connectivity index (χ2n) is 3.52. The van der Waals surface area contributed by atoms with Crippen molar-refractivity contribution >= 4 is 11.6 Å². The lowest BCUT2D eigenvalue weighted by Crippen LogP contribution is -1.97. The molecule has 0 amide bonds. The fourth-order valence-electron chi connectivity index (χ4n) is 1.55. The predicted molar refractivity (Wildman–Crippen MR) is 71.3 cm³/mol. The van der Waals surface area contributed by atoms with Crippen LogP contribution in [-0.2, 0) is 0 Å². The summed E-state index contributed by atoms with van der Waals surface area (Å²) in [4.78, 5) is 7.16. The molecule has 94 valence electrons. The first-order chi connectivity index (χ1) is 8.76. The summed E-state index contributed by atoms with van der Waals surface area (Å²) < 4.78 is 10.7. The van der Waals surface area contributed by atoms with Crippen LogP contribution in [0.2, 0.25) is 5.02 Å². The standard InChI is InChI=1S/C13H13ClN2O2/c1-3-6-18-12-8-10(14)9(7-11(12)17-2)13-15-4-5-16-13/h3-5,7-8H,1,6H2,2H3,(H,15,16). The van der Waals surface area contributed by atoms with Gasteiger partial charge in [-0.05, 0) is 6.07 Å². The molecule has 1 N–H and O–H groups in total. The van der Waals surface area contributed by atoms with Crippen LogP contribution in [0.25, 0.3) is 11.4 Å². The first-order valence-electron chi connectivity index (χ1n) is 5.37. The van der Waals surface area contributed by atoms with E-state index in [2.05, 4.69) is 16.5 Å². The number of ether oxygens (including phenoxy) is 2. The average molecular weight is 265 g/mol. The lowest BCUT2D eigenvalue weighted by molar-refractivity contribution is 0.326. The van der Waals surface area contributed by atoms with Gasteiger partial charge in [-0.25, -0.2) is 4.98 Å². The smallest absolute Gasteiger partial charge is 0.163 e. The van der Waals surface area contributed by atoms with Gasteiger partial charge in [0.25, 0.3) is 0 Å². The van der Waals surface area contributed by atoms with E-state index >= 15 is 0 Å². The number of aromatic nitrogens is 2. The maximum absolute atomic E-state index is 6.21. The van der Waals surface area contributed by atoms with Crippen LogP contribution in [0.5, 0.6) is 11.5 Å². The van der Waals surface area contributed by atoms with Crippen LogP contribution in [0, 0.1) is 0 Å². The van der Waals surface area contributed by atoms with Crippen molar-refractivity contribution in [2.75, 3.05) is 13.7 Å². The number of methoxy groups -OCH3 is 1. The Kier molecular flexibility index (Phi) is 3.89. The zero-order valence-electron chi connectivity index (χ0n) is 9.94. The highest BCUT2D eigenvalue weighted by Gasteiger charge is 2.13. The van der Waals surface area contributed by atoms with Gasteiger partial charge in [0.15, 0.2) is 11.5 Å². The molecule has 2 aromatic rings. The van der Waals surface area contributed by atoms with Crippen LogP contribution in [0.4, 0.5) is 0 Å². The van der Waals surface area contributed by atoms with Gasteiger partial charge < -0.3 is 14.5 Å². The highest BCUT2D eigenvalue weighted by molar-refractivity contribution is 6.33. The maximum Gasteiger partial charge on any atom is 0.163 e. The second kappa shape index (κ2) is 5.60. The third-order valence-corrected chi connectivity index (χ3v) is 2.68. The molecule has 0 aliphatic carbocycles. The van der Waals surface area contributed by atoms with E-state index in [0.717, 1.165) is 5.56 Å². The van der Waals surface area contributed by atoms with Crippen LogP contribution < -0.4 is 9.47 Å². The van der Waals surface area contributed by atoms with Gasteiger partial charge in [0, 0.05) is 24.0 Å². The Morgan fingerprint density at radius 1 is 1.44 bits per heavy atom. The molecule has 0 fully saturated rings. The molecule has 0 aliphatic rings. The molecule has 0 spiro atoms. The van der Waals surface area contributed by atoms with Crippen molar-refractivity contribution in [3.05, 3.63) is 42.2 Å². The van der Waals surface area contributed by atoms with Crippen molar-refractivity contribution in [2.24, 2.45) is 0 Å². The normalized spacial score (nSPS) is 10.1. The van der Waals surface area contributed by atoms with Gasteiger partial charge >= 0.3 is 0 Å². The quantitative estimate of drug-likeness (QED) is 0.843. The predicted octanol–water partition coefficient (Wildman–Crippen LogP) is 3.30. The first-order valence-corrected chi connectivity index (χ1v) is 5.75. The van der Waals surface area contributed by atoms with Crippen molar-refractivity contribution in [1.29, 1.82) is 0 Å². The molecule has 0 aliphatic heterocycles. The van der Waals surface area contributed by atoms with Crippen LogP contribution in [-0.4, -0.2) is 23.7 Å². The summed E-state index contributed by atoms with van der Waals surface area (Å²) in [5.41, 5.74) is 0.768. The molecular weight excluding hydrogens is 252 g/mol. The number of nitrogens with zero attached hydrogens (tertiary/aromatic N) is 1. The van der Waals surface area contributed by atoms with Crippen molar-refractivity contribution in [2.45, 2.75) is 0 Å². The zero-order chi connectivity index (χ0) is 13.0. The van der Waals surface area contributed by atoms with Crippen molar-refractivity contribution < 1.29 is 9.47 Å². The number of rotatable bonds is 5. The van der Waals surface area contributed by atoms with E-state index in [9.17, 15) is 0 Å². The Bertz CT molecular complexity index is 538. The first kappa shape index (κ1) is 12.5. The van der Waals surface area contributed by atoms with Gasteiger partial charge in [-0.3, -0.25) is 0 Å². The summed E-state index contributed by atoms with van der Waals surface area (Å²) in [6.07, 6.45) is 5.06. The van der Waals surface area contributed by atoms with Crippen LogP contribution in [0.15, 0.2) is 37.2 Å². The molecular formula is C13H13ClN2O2. The highest BCUT2D eigenvalue weighted by atomic mass is 35.5. The Morgan fingerprint density at radius 3 is 2.89 bits per heavy atom.